The van der Waals surface area contributed by atoms with Crippen molar-refractivity contribution in [2.24, 2.45) is 5.16 Å². The maximum Gasteiger partial charge on any atom is 0.238 e. The Morgan fingerprint density at radius 2 is 2.00 bits per heavy atom. The Kier molecular flexibility index (Phi) is 6.44. The maximum atomic E-state index is 11.5. The molecule has 6 heteroatoms. The summed E-state index contributed by atoms with van der Waals surface area (Å²) in [6, 6.07) is 0. The van der Waals surface area contributed by atoms with Gasteiger partial charge >= 0.3 is 0 Å². The van der Waals surface area contributed by atoms with E-state index in [1.54, 1.807) is 0 Å². The molecule has 0 aromatic heterocycles. The van der Waals surface area contributed by atoms with Crippen molar-refractivity contribution in [3.05, 3.63) is 0 Å². The average Bonchev–Trinajstić information content (AvgIpc) is 2.34. The molecule has 0 aromatic carbocycles. The van der Waals surface area contributed by atoms with Gasteiger partial charge in [-0.05, 0) is 25.9 Å². The molecule has 0 unspecified atom stereocenters. The van der Waals surface area contributed by atoms with Gasteiger partial charge in [-0.2, -0.15) is 0 Å². The number of piperidine rings is 1. The standard InChI is InChI=1S/C10H18N2O3S/c13-6-7-16-10(14)9(11-15)8-12-4-2-1-3-5-12/h13,15H,1-8H2/b11-9-. The number of carbonyl (C=O) groups is 1. The van der Waals surface area contributed by atoms with Crippen molar-refractivity contribution < 1.29 is 15.1 Å². The van der Waals surface area contributed by atoms with Crippen LogP contribution in [0.25, 0.3) is 0 Å². The number of nitrogens with zero attached hydrogens (tertiary/aromatic N) is 2. The van der Waals surface area contributed by atoms with E-state index >= 15 is 0 Å². The van der Waals surface area contributed by atoms with Gasteiger partial charge in [0, 0.05) is 12.3 Å². The number of likely N-dealkylation sites (tertiary alicyclic amines) is 1. The smallest absolute Gasteiger partial charge is 0.238 e. The molecule has 0 bridgehead atoms. The second-order valence-electron chi connectivity index (χ2n) is 3.74. The van der Waals surface area contributed by atoms with Gasteiger partial charge in [-0.3, -0.25) is 9.69 Å². The Morgan fingerprint density at radius 3 is 2.56 bits per heavy atom. The molecule has 2 N–H and O–H groups in total. The predicted octanol–water partition coefficient (Wildman–Crippen LogP) is 0.555. The largest absolute Gasteiger partial charge is 0.410 e. The number of hydrogen-bond acceptors (Lipinski definition) is 6. The molecule has 0 aliphatic carbocycles. The quantitative estimate of drug-likeness (QED) is 0.421. The number of thioether (sulfide) groups is 1. The third-order valence-electron chi connectivity index (χ3n) is 2.50. The van der Waals surface area contributed by atoms with E-state index in [4.69, 9.17) is 10.3 Å². The zero-order valence-electron chi connectivity index (χ0n) is 9.26. The Hall–Kier alpha value is -0.590. The van der Waals surface area contributed by atoms with Gasteiger partial charge in [0.2, 0.25) is 5.12 Å². The molecular weight excluding hydrogens is 228 g/mol. The highest BCUT2D eigenvalue weighted by Crippen LogP contribution is 2.10. The van der Waals surface area contributed by atoms with E-state index in [1.165, 1.54) is 6.42 Å². The average molecular weight is 246 g/mol. The van der Waals surface area contributed by atoms with Crippen LogP contribution in [0.2, 0.25) is 0 Å². The third-order valence-corrected chi connectivity index (χ3v) is 3.39. The number of aliphatic hydroxyl groups excluding tert-OH is 1. The second kappa shape index (κ2) is 7.65. The minimum absolute atomic E-state index is 0.0428. The summed E-state index contributed by atoms with van der Waals surface area (Å²) in [4.78, 5) is 13.7. The van der Waals surface area contributed by atoms with E-state index in [2.05, 4.69) is 10.1 Å². The molecule has 0 saturated carbocycles. The predicted molar refractivity (Wildman–Crippen MR) is 64.1 cm³/mol. The van der Waals surface area contributed by atoms with Crippen LogP contribution in [0.15, 0.2) is 5.16 Å². The lowest BCUT2D eigenvalue weighted by Gasteiger charge is -2.25. The van der Waals surface area contributed by atoms with Crippen molar-refractivity contribution in [3.8, 4) is 0 Å². The highest BCUT2D eigenvalue weighted by Gasteiger charge is 2.18. The van der Waals surface area contributed by atoms with Crippen LogP contribution in [0.1, 0.15) is 19.3 Å². The molecule has 92 valence electrons. The fourth-order valence-electron chi connectivity index (χ4n) is 1.69. The molecule has 0 amide bonds. The Labute approximate surface area is 99.5 Å². The first-order chi connectivity index (χ1) is 7.77. The second-order valence-corrected chi connectivity index (χ2v) is 4.81. The molecule has 1 fully saturated rings. The first kappa shape index (κ1) is 13.5. The van der Waals surface area contributed by atoms with Gasteiger partial charge in [-0.15, -0.1) is 0 Å². The van der Waals surface area contributed by atoms with E-state index in [0.717, 1.165) is 37.7 Å². The summed E-state index contributed by atoms with van der Waals surface area (Å²) in [6.07, 6.45) is 3.50. The van der Waals surface area contributed by atoms with E-state index in [0.29, 0.717) is 12.3 Å². The summed E-state index contributed by atoms with van der Waals surface area (Å²) in [5.41, 5.74) is 0.181. The van der Waals surface area contributed by atoms with Crippen molar-refractivity contribution >= 4 is 22.6 Å². The Balaban J connectivity index is 2.38. The van der Waals surface area contributed by atoms with E-state index in [9.17, 15) is 4.79 Å². The SMILES string of the molecule is O=C(SCCO)/C(CN1CCCCC1)=N\O. The van der Waals surface area contributed by atoms with Gasteiger partial charge in [0.05, 0.1) is 6.61 Å². The molecule has 1 saturated heterocycles. The highest BCUT2D eigenvalue weighted by molar-refractivity contribution is 8.15. The molecule has 0 atom stereocenters. The van der Waals surface area contributed by atoms with Crippen molar-refractivity contribution in [2.45, 2.75) is 19.3 Å². The topological polar surface area (TPSA) is 73.1 Å². The summed E-state index contributed by atoms with van der Waals surface area (Å²) < 4.78 is 0. The van der Waals surface area contributed by atoms with Crippen molar-refractivity contribution in [2.75, 3.05) is 32.0 Å². The van der Waals surface area contributed by atoms with Crippen LogP contribution >= 0.6 is 11.8 Å². The summed E-state index contributed by atoms with van der Waals surface area (Å²) in [5, 5.41) is 20.2. The molecule has 1 aliphatic heterocycles. The third kappa shape index (κ3) is 4.51. The first-order valence-corrected chi connectivity index (χ1v) is 6.47. The molecule has 1 aliphatic rings. The summed E-state index contributed by atoms with van der Waals surface area (Å²) in [6.45, 7) is 2.28. The number of aliphatic hydroxyl groups is 1. The lowest BCUT2D eigenvalue weighted by molar-refractivity contribution is -0.105. The van der Waals surface area contributed by atoms with Gasteiger partial charge in [0.15, 0.2) is 0 Å². The molecule has 16 heavy (non-hydrogen) atoms. The van der Waals surface area contributed by atoms with Crippen LogP contribution in [-0.4, -0.2) is 58.0 Å². The lowest BCUT2D eigenvalue weighted by atomic mass is 10.1. The summed E-state index contributed by atoms with van der Waals surface area (Å²) >= 11 is 0.991. The van der Waals surface area contributed by atoms with Crippen molar-refractivity contribution in [3.63, 3.8) is 0 Å². The van der Waals surface area contributed by atoms with Gasteiger partial charge in [0.25, 0.3) is 0 Å². The van der Waals surface area contributed by atoms with E-state index in [-0.39, 0.29) is 17.4 Å². The summed E-state index contributed by atoms with van der Waals surface area (Å²) in [7, 11) is 0. The van der Waals surface area contributed by atoms with Crippen LogP contribution in [0.4, 0.5) is 0 Å². The summed E-state index contributed by atoms with van der Waals surface area (Å²) in [5.74, 6) is 0.345. The van der Waals surface area contributed by atoms with Crippen molar-refractivity contribution in [1.29, 1.82) is 0 Å². The zero-order chi connectivity index (χ0) is 11.8. The zero-order valence-corrected chi connectivity index (χ0v) is 10.1. The van der Waals surface area contributed by atoms with Gasteiger partial charge in [-0.1, -0.05) is 23.3 Å². The first-order valence-electron chi connectivity index (χ1n) is 5.49. The number of hydrogen-bond donors (Lipinski definition) is 2. The number of carbonyl (C=O) groups excluding carboxylic acids is 1. The minimum Gasteiger partial charge on any atom is -0.410 e. The van der Waals surface area contributed by atoms with Gasteiger partial charge in [0.1, 0.15) is 5.71 Å². The van der Waals surface area contributed by atoms with Crippen molar-refractivity contribution in [1.82, 2.24) is 4.90 Å². The van der Waals surface area contributed by atoms with Gasteiger partial charge < -0.3 is 10.3 Å². The monoisotopic (exact) mass is 246 g/mol. The Morgan fingerprint density at radius 1 is 1.31 bits per heavy atom. The van der Waals surface area contributed by atoms with Crippen LogP contribution in [0.5, 0.6) is 0 Å². The van der Waals surface area contributed by atoms with E-state index < -0.39 is 0 Å². The molecule has 0 aromatic rings. The highest BCUT2D eigenvalue weighted by atomic mass is 32.2. The normalized spacial score (nSPS) is 18.7. The molecule has 0 spiro atoms. The minimum atomic E-state index is -0.248. The molecule has 0 radical (unpaired) electrons. The molecule has 1 rings (SSSR count). The van der Waals surface area contributed by atoms with Crippen LogP contribution < -0.4 is 0 Å². The number of rotatable bonds is 5. The van der Waals surface area contributed by atoms with Crippen LogP contribution in [0, 0.1) is 0 Å². The van der Waals surface area contributed by atoms with E-state index in [1.807, 2.05) is 0 Å². The lowest BCUT2D eigenvalue weighted by Crippen LogP contribution is -2.36. The van der Waals surface area contributed by atoms with Crippen LogP contribution in [0.3, 0.4) is 0 Å². The fourth-order valence-corrected chi connectivity index (χ4v) is 2.24. The Bertz CT molecular complexity index is 252. The maximum absolute atomic E-state index is 11.5. The fraction of sp³-hybridized carbons (Fsp3) is 0.800. The molecular formula is C10H18N2O3S. The van der Waals surface area contributed by atoms with Gasteiger partial charge in [-0.25, -0.2) is 0 Å². The molecule has 1 heterocycles. The molecule has 5 nitrogen and oxygen atoms in total. The number of oxime groups is 1. The van der Waals surface area contributed by atoms with Crippen LogP contribution in [-0.2, 0) is 4.79 Å².